The zero-order chi connectivity index (χ0) is 13.3. The van der Waals surface area contributed by atoms with E-state index in [0.29, 0.717) is 11.1 Å². The van der Waals surface area contributed by atoms with Crippen LogP contribution in [0.4, 0.5) is 8.78 Å². The summed E-state index contributed by atoms with van der Waals surface area (Å²) in [5.74, 6) is -0.902. The summed E-state index contributed by atoms with van der Waals surface area (Å²) in [6.45, 7) is 3.28. The van der Waals surface area contributed by atoms with Gasteiger partial charge in [-0.3, -0.25) is 4.79 Å². The third-order valence-electron chi connectivity index (χ3n) is 2.93. The zero-order valence-corrected chi connectivity index (χ0v) is 10.1. The maximum atomic E-state index is 13.8. The summed E-state index contributed by atoms with van der Waals surface area (Å²) >= 11 is 0. The molecule has 0 aliphatic heterocycles. The third-order valence-corrected chi connectivity index (χ3v) is 2.93. The summed E-state index contributed by atoms with van der Waals surface area (Å²) in [6.07, 6.45) is 0.725. The Bertz CT molecular complexity index is 618. The number of aryl methyl sites for hydroxylation is 2. The number of halogens is 2. The normalized spacial score (nSPS) is 10.4. The summed E-state index contributed by atoms with van der Waals surface area (Å²) in [6, 6.07) is 7.24. The molecule has 0 atom stereocenters. The maximum Gasteiger partial charge on any atom is 0.150 e. The van der Waals surface area contributed by atoms with Crippen LogP contribution in [0, 0.1) is 25.5 Å². The zero-order valence-electron chi connectivity index (χ0n) is 10.1. The monoisotopic (exact) mass is 246 g/mol. The van der Waals surface area contributed by atoms with Gasteiger partial charge in [0.15, 0.2) is 0 Å². The Morgan fingerprint density at radius 3 is 2.22 bits per heavy atom. The highest BCUT2D eigenvalue weighted by atomic mass is 19.1. The molecule has 0 aliphatic rings. The van der Waals surface area contributed by atoms with Gasteiger partial charge in [-0.15, -0.1) is 0 Å². The fourth-order valence-electron chi connectivity index (χ4n) is 1.92. The molecule has 0 aromatic heterocycles. The van der Waals surface area contributed by atoms with Crippen molar-refractivity contribution in [2.75, 3.05) is 0 Å². The molecule has 0 spiro atoms. The fraction of sp³-hybridized carbons (Fsp3) is 0.133. The molecular weight excluding hydrogens is 234 g/mol. The van der Waals surface area contributed by atoms with Crippen LogP contribution in [0.1, 0.15) is 21.5 Å². The van der Waals surface area contributed by atoms with E-state index in [2.05, 4.69) is 0 Å². The molecule has 0 radical (unpaired) electrons. The molecule has 0 N–H and O–H groups in total. The summed E-state index contributed by atoms with van der Waals surface area (Å²) in [4.78, 5) is 10.6. The molecule has 18 heavy (non-hydrogen) atoms. The molecule has 2 aromatic carbocycles. The first-order valence-electron chi connectivity index (χ1n) is 5.55. The second-order valence-electron chi connectivity index (χ2n) is 4.27. The molecule has 92 valence electrons. The number of aldehydes is 1. The molecule has 3 heteroatoms. The number of carbonyl (C=O) groups excluding carboxylic acids is 1. The van der Waals surface area contributed by atoms with E-state index in [1.54, 1.807) is 25.1 Å². The first-order valence-corrected chi connectivity index (χ1v) is 5.55. The number of rotatable bonds is 2. The fourth-order valence-corrected chi connectivity index (χ4v) is 1.92. The standard InChI is InChI=1S/C15H12F2O/c1-9-5-11(8-18)3-4-12(9)13-7-14(16)10(2)6-15(13)17/h3-8H,1-2H3. The van der Waals surface area contributed by atoms with E-state index in [1.807, 2.05) is 0 Å². The topological polar surface area (TPSA) is 17.1 Å². The first kappa shape index (κ1) is 12.4. The van der Waals surface area contributed by atoms with Crippen molar-refractivity contribution in [2.24, 2.45) is 0 Å². The van der Waals surface area contributed by atoms with Crippen molar-refractivity contribution in [3.63, 3.8) is 0 Å². The highest BCUT2D eigenvalue weighted by Crippen LogP contribution is 2.28. The van der Waals surface area contributed by atoms with Gasteiger partial charge in [0.05, 0.1) is 0 Å². The Labute approximate surface area is 104 Å². The van der Waals surface area contributed by atoms with Gasteiger partial charge in [-0.1, -0.05) is 12.1 Å². The molecule has 0 bridgehead atoms. The van der Waals surface area contributed by atoms with Crippen molar-refractivity contribution >= 4 is 6.29 Å². The van der Waals surface area contributed by atoms with Crippen LogP contribution in [-0.4, -0.2) is 6.29 Å². The minimum Gasteiger partial charge on any atom is -0.298 e. The van der Waals surface area contributed by atoms with Crippen LogP contribution in [0.15, 0.2) is 30.3 Å². The van der Waals surface area contributed by atoms with Gasteiger partial charge in [0, 0.05) is 11.1 Å². The number of carbonyl (C=O) groups is 1. The van der Waals surface area contributed by atoms with E-state index in [1.165, 1.54) is 19.1 Å². The van der Waals surface area contributed by atoms with E-state index in [9.17, 15) is 13.6 Å². The molecule has 0 aliphatic carbocycles. The Morgan fingerprint density at radius 2 is 1.61 bits per heavy atom. The summed E-state index contributed by atoms with van der Waals surface area (Å²) < 4.78 is 27.3. The minimum atomic E-state index is -0.462. The van der Waals surface area contributed by atoms with E-state index in [-0.39, 0.29) is 11.1 Å². The van der Waals surface area contributed by atoms with Gasteiger partial charge in [0.25, 0.3) is 0 Å². The predicted molar refractivity (Wildman–Crippen MR) is 66.7 cm³/mol. The van der Waals surface area contributed by atoms with Gasteiger partial charge in [0.2, 0.25) is 0 Å². The van der Waals surface area contributed by atoms with Crippen molar-refractivity contribution in [1.82, 2.24) is 0 Å². The highest BCUT2D eigenvalue weighted by Gasteiger charge is 2.11. The van der Waals surface area contributed by atoms with E-state index in [4.69, 9.17) is 0 Å². The maximum absolute atomic E-state index is 13.8. The van der Waals surface area contributed by atoms with Crippen LogP contribution in [0.25, 0.3) is 11.1 Å². The molecule has 2 aromatic rings. The summed E-state index contributed by atoms with van der Waals surface area (Å²) in [5, 5.41) is 0. The Kier molecular flexibility index (Phi) is 3.24. The van der Waals surface area contributed by atoms with Crippen LogP contribution in [0.2, 0.25) is 0 Å². The van der Waals surface area contributed by atoms with E-state index >= 15 is 0 Å². The van der Waals surface area contributed by atoms with Gasteiger partial charge in [-0.05, 0) is 48.7 Å². The largest absolute Gasteiger partial charge is 0.298 e. The lowest BCUT2D eigenvalue weighted by Crippen LogP contribution is -1.93. The SMILES string of the molecule is Cc1cc(F)c(-c2ccc(C=O)cc2C)cc1F. The lowest BCUT2D eigenvalue weighted by molar-refractivity contribution is 0.112. The molecule has 0 amide bonds. The third kappa shape index (κ3) is 2.16. The van der Waals surface area contributed by atoms with Gasteiger partial charge in [-0.25, -0.2) is 8.78 Å². The Hall–Kier alpha value is -2.03. The molecule has 1 nitrogen and oxygen atoms in total. The van der Waals surface area contributed by atoms with Crippen LogP contribution < -0.4 is 0 Å². The van der Waals surface area contributed by atoms with Gasteiger partial charge in [0.1, 0.15) is 17.9 Å². The van der Waals surface area contributed by atoms with Gasteiger partial charge >= 0.3 is 0 Å². The highest BCUT2D eigenvalue weighted by molar-refractivity contribution is 5.78. The van der Waals surface area contributed by atoms with Gasteiger partial charge in [-0.2, -0.15) is 0 Å². The summed E-state index contributed by atoms with van der Waals surface area (Å²) in [7, 11) is 0. The van der Waals surface area contributed by atoms with Crippen molar-refractivity contribution in [1.29, 1.82) is 0 Å². The van der Waals surface area contributed by atoms with Crippen LogP contribution >= 0.6 is 0 Å². The molecule has 0 saturated carbocycles. The minimum absolute atomic E-state index is 0.216. The molecule has 0 heterocycles. The van der Waals surface area contributed by atoms with Crippen molar-refractivity contribution in [3.05, 3.63) is 58.7 Å². The number of hydrogen-bond donors (Lipinski definition) is 0. The van der Waals surface area contributed by atoms with Crippen LogP contribution in [-0.2, 0) is 0 Å². The van der Waals surface area contributed by atoms with Crippen molar-refractivity contribution in [2.45, 2.75) is 13.8 Å². The smallest absolute Gasteiger partial charge is 0.150 e. The van der Waals surface area contributed by atoms with Crippen LogP contribution in [0.3, 0.4) is 0 Å². The average molecular weight is 246 g/mol. The molecule has 2 rings (SSSR count). The molecular formula is C15H12F2O. The second kappa shape index (κ2) is 4.69. The first-order chi connectivity index (χ1) is 8.52. The quantitative estimate of drug-likeness (QED) is 0.730. The van der Waals surface area contributed by atoms with Crippen molar-refractivity contribution < 1.29 is 13.6 Å². The lowest BCUT2D eigenvalue weighted by atomic mass is 9.97. The number of hydrogen-bond acceptors (Lipinski definition) is 1. The predicted octanol–water partition coefficient (Wildman–Crippen LogP) is 4.06. The summed E-state index contributed by atoms with van der Waals surface area (Å²) in [5.41, 5.74) is 2.34. The van der Waals surface area contributed by atoms with Gasteiger partial charge < -0.3 is 0 Å². The van der Waals surface area contributed by atoms with Crippen molar-refractivity contribution in [3.8, 4) is 11.1 Å². The molecule has 0 fully saturated rings. The van der Waals surface area contributed by atoms with E-state index < -0.39 is 11.6 Å². The average Bonchev–Trinajstić information content (AvgIpc) is 2.34. The molecule has 0 unspecified atom stereocenters. The second-order valence-corrected chi connectivity index (χ2v) is 4.27. The lowest BCUT2D eigenvalue weighted by Gasteiger charge is -2.09. The Balaban J connectivity index is 2.62. The number of benzene rings is 2. The van der Waals surface area contributed by atoms with Crippen LogP contribution in [0.5, 0.6) is 0 Å². The molecule has 0 saturated heterocycles. The van der Waals surface area contributed by atoms with E-state index in [0.717, 1.165) is 11.8 Å². The Morgan fingerprint density at radius 1 is 0.889 bits per heavy atom.